The Labute approximate surface area is 207 Å². The van der Waals surface area contributed by atoms with Gasteiger partial charge in [-0.1, -0.05) is 43.5 Å². The smallest absolute Gasteiger partial charge is 0.269 e. The Morgan fingerprint density at radius 2 is 2.00 bits per heavy atom. The first-order valence-corrected chi connectivity index (χ1v) is 13.1. The summed E-state index contributed by atoms with van der Waals surface area (Å²) in [5.41, 5.74) is 2.89. The molecule has 0 bridgehead atoms. The average Bonchev–Trinajstić information content (AvgIpc) is 3.38. The van der Waals surface area contributed by atoms with Crippen molar-refractivity contribution in [1.82, 2.24) is 20.1 Å². The SMILES string of the molecule is CCNC(=O)c1ccc(-c2cccc(CN3C[C@H](O)CC34CCN(C3CCCCC3)C4=O)c2)cn1. The second kappa shape index (κ2) is 10.1. The van der Waals surface area contributed by atoms with E-state index in [0.29, 0.717) is 37.8 Å². The molecule has 2 N–H and O–H groups in total. The van der Waals surface area contributed by atoms with Crippen molar-refractivity contribution < 1.29 is 14.7 Å². The van der Waals surface area contributed by atoms with E-state index >= 15 is 0 Å². The predicted octanol–water partition coefficient (Wildman–Crippen LogP) is 3.37. The molecule has 2 amide bonds. The number of hydrogen-bond donors (Lipinski definition) is 2. The monoisotopic (exact) mass is 476 g/mol. The normalized spacial score (nSPS) is 25.5. The zero-order valence-electron chi connectivity index (χ0n) is 20.6. The van der Waals surface area contributed by atoms with Crippen LogP contribution in [-0.4, -0.2) is 69.0 Å². The number of likely N-dealkylation sites (tertiary alicyclic amines) is 2. The van der Waals surface area contributed by atoms with Gasteiger partial charge in [0, 0.05) is 50.4 Å². The summed E-state index contributed by atoms with van der Waals surface area (Å²) < 4.78 is 0. The lowest BCUT2D eigenvalue weighted by Gasteiger charge is -2.36. The van der Waals surface area contributed by atoms with E-state index in [1.165, 1.54) is 19.3 Å². The van der Waals surface area contributed by atoms with Gasteiger partial charge in [0.25, 0.3) is 5.91 Å². The number of amides is 2. The molecule has 3 heterocycles. The second-order valence-electron chi connectivity index (χ2n) is 10.3. The number of carbonyl (C=O) groups excluding carboxylic acids is 2. The Morgan fingerprint density at radius 1 is 1.17 bits per heavy atom. The molecule has 2 atom stereocenters. The van der Waals surface area contributed by atoms with Crippen molar-refractivity contribution in [3.63, 3.8) is 0 Å². The number of pyridine rings is 1. The van der Waals surface area contributed by atoms with E-state index in [1.54, 1.807) is 12.3 Å². The fraction of sp³-hybridized carbons (Fsp3) is 0.536. The molecule has 2 saturated heterocycles. The van der Waals surface area contributed by atoms with Gasteiger partial charge in [0.2, 0.25) is 5.91 Å². The van der Waals surface area contributed by atoms with Crippen molar-refractivity contribution in [2.24, 2.45) is 0 Å². The lowest BCUT2D eigenvalue weighted by Crippen LogP contribution is -2.51. The highest BCUT2D eigenvalue weighted by Gasteiger charge is 2.56. The minimum absolute atomic E-state index is 0.172. The van der Waals surface area contributed by atoms with Crippen LogP contribution in [0.2, 0.25) is 0 Å². The molecule has 5 rings (SSSR count). The molecule has 7 heteroatoms. The van der Waals surface area contributed by atoms with Gasteiger partial charge < -0.3 is 15.3 Å². The number of aliphatic hydroxyl groups excluding tert-OH is 1. The summed E-state index contributed by atoms with van der Waals surface area (Å²) in [5.74, 6) is 0.0523. The van der Waals surface area contributed by atoms with E-state index in [9.17, 15) is 14.7 Å². The van der Waals surface area contributed by atoms with Crippen molar-refractivity contribution in [1.29, 1.82) is 0 Å². The van der Waals surface area contributed by atoms with Gasteiger partial charge in [0.05, 0.1) is 6.10 Å². The number of hydrogen-bond acceptors (Lipinski definition) is 5. The van der Waals surface area contributed by atoms with E-state index < -0.39 is 11.6 Å². The zero-order chi connectivity index (χ0) is 24.4. The maximum atomic E-state index is 13.7. The predicted molar refractivity (Wildman–Crippen MR) is 135 cm³/mol. The van der Waals surface area contributed by atoms with Crippen LogP contribution in [0, 0.1) is 0 Å². The molecule has 2 aliphatic heterocycles. The Balaban J connectivity index is 1.33. The highest BCUT2D eigenvalue weighted by atomic mass is 16.3. The number of rotatable bonds is 6. The van der Waals surface area contributed by atoms with Gasteiger partial charge in [-0.05, 0) is 49.4 Å². The number of benzene rings is 1. The molecule has 1 spiro atoms. The Hall–Kier alpha value is -2.77. The van der Waals surface area contributed by atoms with E-state index in [1.807, 2.05) is 25.1 Å². The van der Waals surface area contributed by atoms with Crippen LogP contribution in [0.1, 0.15) is 67.9 Å². The Bertz CT molecular complexity index is 1070. The molecule has 186 valence electrons. The average molecular weight is 477 g/mol. The number of β-amino-alcohol motifs (C(OH)–C–C–N with tert-alkyl or cyclic N) is 1. The molecular weight excluding hydrogens is 440 g/mol. The summed E-state index contributed by atoms with van der Waals surface area (Å²) in [6.45, 7) is 4.40. The van der Waals surface area contributed by atoms with Crippen molar-refractivity contribution in [3.05, 3.63) is 53.9 Å². The molecular formula is C28H36N4O3. The molecule has 3 aliphatic rings. The molecule has 1 aromatic carbocycles. The van der Waals surface area contributed by atoms with Gasteiger partial charge in [-0.2, -0.15) is 0 Å². The van der Waals surface area contributed by atoms with Crippen molar-refractivity contribution in [3.8, 4) is 11.1 Å². The van der Waals surface area contributed by atoms with Crippen LogP contribution in [0.3, 0.4) is 0 Å². The van der Waals surface area contributed by atoms with Crippen LogP contribution in [0.15, 0.2) is 42.6 Å². The summed E-state index contributed by atoms with van der Waals surface area (Å²) in [5, 5.41) is 13.4. The number of nitrogens with one attached hydrogen (secondary N) is 1. The van der Waals surface area contributed by atoms with Gasteiger partial charge in [-0.25, -0.2) is 0 Å². The largest absolute Gasteiger partial charge is 0.392 e. The van der Waals surface area contributed by atoms with Gasteiger partial charge in [0.1, 0.15) is 11.2 Å². The van der Waals surface area contributed by atoms with Gasteiger partial charge in [-0.3, -0.25) is 19.5 Å². The summed E-state index contributed by atoms with van der Waals surface area (Å²) in [6, 6.07) is 12.3. The number of aromatic nitrogens is 1. The number of carbonyl (C=O) groups is 2. The molecule has 35 heavy (non-hydrogen) atoms. The molecule has 1 unspecified atom stereocenters. The van der Waals surface area contributed by atoms with Crippen molar-refractivity contribution >= 4 is 11.8 Å². The maximum absolute atomic E-state index is 13.7. The second-order valence-corrected chi connectivity index (χ2v) is 10.3. The first-order valence-electron chi connectivity index (χ1n) is 13.1. The number of aliphatic hydroxyl groups is 1. The first kappa shape index (κ1) is 23.9. The third kappa shape index (κ3) is 4.71. The molecule has 1 saturated carbocycles. The maximum Gasteiger partial charge on any atom is 0.269 e. The summed E-state index contributed by atoms with van der Waals surface area (Å²) >= 11 is 0. The van der Waals surface area contributed by atoms with Gasteiger partial charge >= 0.3 is 0 Å². The topological polar surface area (TPSA) is 85.8 Å². The van der Waals surface area contributed by atoms with Gasteiger partial charge in [-0.15, -0.1) is 0 Å². The third-order valence-corrected chi connectivity index (χ3v) is 8.02. The lowest BCUT2D eigenvalue weighted by molar-refractivity contribution is -0.139. The Morgan fingerprint density at radius 3 is 2.74 bits per heavy atom. The van der Waals surface area contributed by atoms with Crippen LogP contribution in [0.25, 0.3) is 11.1 Å². The summed E-state index contributed by atoms with van der Waals surface area (Å²) in [4.78, 5) is 34.4. The van der Waals surface area contributed by atoms with E-state index in [2.05, 4.69) is 32.2 Å². The minimum atomic E-state index is -0.581. The Kier molecular flexibility index (Phi) is 6.89. The molecule has 0 radical (unpaired) electrons. The summed E-state index contributed by atoms with van der Waals surface area (Å²) in [6.07, 6.45) is 8.49. The highest BCUT2D eigenvalue weighted by molar-refractivity contribution is 5.92. The standard InChI is InChI=1S/C28H36N4O3/c1-2-29-26(34)25-12-11-22(17-30-25)21-8-6-7-20(15-21)18-31-19-24(33)16-28(31)13-14-32(27(28)35)23-9-4-3-5-10-23/h6-8,11-12,15,17,23-24,33H,2-5,9-10,13-14,16,18-19H2,1H3,(H,29,34)/t24-,28?/m1/s1. The van der Waals surface area contributed by atoms with Crippen LogP contribution in [0.4, 0.5) is 0 Å². The molecule has 1 aromatic heterocycles. The molecule has 1 aliphatic carbocycles. The van der Waals surface area contributed by atoms with Crippen molar-refractivity contribution in [2.75, 3.05) is 19.6 Å². The van der Waals surface area contributed by atoms with Crippen LogP contribution < -0.4 is 5.32 Å². The number of nitrogens with zero attached hydrogens (tertiary/aromatic N) is 3. The zero-order valence-corrected chi connectivity index (χ0v) is 20.6. The van der Waals surface area contributed by atoms with Gasteiger partial charge in [0.15, 0.2) is 0 Å². The highest BCUT2D eigenvalue weighted by Crippen LogP contribution is 2.42. The van der Waals surface area contributed by atoms with Crippen molar-refractivity contribution in [2.45, 2.75) is 76.1 Å². The van der Waals surface area contributed by atoms with Crippen LogP contribution in [-0.2, 0) is 11.3 Å². The fourth-order valence-corrected chi connectivity index (χ4v) is 6.25. The van der Waals surface area contributed by atoms with E-state index in [4.69, 9.17) is 0 Å². The van der Waals surface area contributed by atoms with E-state index in [0.717, 1.165) is 42.5 Å². The summed E-state index contributed by atoms with van der Waals surface area (Å²) in [7, 11) is 0. The third-order valence-electron chi connectivity index (χ3n) is 8.02. The molecule has 3 fully saturated rings. The molecule has 2 aromatic rings. The minimum Gasteiger partial charge on any atom is -0.392 e. The van der Waals surface area contributed by atoms with Crippen LogP contribution in [0.5, 0.6) is 0 Å². The first-order chi connectivity index (χ1) is 17.0. The van der Waals surface area contributed by atoms with Crippen LogP contribution >= 0.6 is 0 Å². The van der Waals surface area contributed by atoms with E-state index in [-0.39, 0.29) is 11.8 Å². The fourth-order valence-electron chi connectivity index (χ4n) is 6.25. The quantitative estimate of drug-likeness (QED) is 0.668. The molecule has 7 nitrogen and oxygen atoms in total. The lowest BCUT2D eigenvalue weighted by atomic mass is 9.91.